The molecule has 17 heavy (non-hydrogen) atoms. The Labute approximate surface area is 103 Å². The molecule has 0 aromatic heterocycles. The largest absolute Gasteiger partial charge is 0.396 e. The van der Waals surface area contributed by atoms with Crippen LogP contribution < -0.4 is 4.90 Å². The van der Waals surface area contributed by atoms with Crippen molar-refractivity contribution in [2.24, 2.45) is 0 Å². The summed E-state index contributed by atoms with van der Waals surface area (Å²) in [6.45, 7) is 6.14. The van der Waals surface area contributed by atoms with Gasteiger partial charge in [0.2, 0.25) is 5.91 Å². The quantitative estimate of drug-likeness (QED) is 0.871. The second kappa shape index (κ2) is 5.82. The van der Waals surface area contributed by atoms with Crippen molar-refractivity contribution in [3.63, 3.8) is 0 Å². The van der Waals surface area contributed by atoms with Crippen LogP contribution in [0.3, 0.4) is 0 Å². The van der Waals surface area contributed by atoms with Gasteiger partial charge in [-0.2, -0.15) is 0 Å². The van der Waals surface area contributed by atoms with Crippen molar-refractivity contribution in [2.75, 3.05) is 18.6 Å². The highest BCUT2D eigenvalue weighted by Crippen LogP contribution is 2.25. The van der Waals surface area contributed by atoms with Crippen molar-refractivity contribution < 1.29 is 9.90 Å². The molecule has 0 saturated heterocycles. The van der Waals surface area contributed by atoms with Gasteiger partial charge in [-0.1, -0.05) is 26.0 Å². The lowest BCUT2D eigenvalue weighted by Crippen LogP contribution is -2.27. The number of rotatable bonds is 4. The highest BCUT2D eigenvalue weighted by molar-refractivity contribution is 5.93. The molecule has 0 bridgehead atoms. The van der Waals surface area contributed by atoms with Crippen molar-refractivity contribution in [3.05, 3.63) is 29.3 Å². The van der Waals surface area contributed by atoms with Gasteiger partial charge in [-0.3, -0.25) is 4.79 Å². The van der Waals surface area contributed by atoms with Crippen LogP contribution in [0.25, 0.3) is 0 Å². The van der Waals surface area contributed by atoms with Gasteiger partial charge in [-0.25, -0.2) is 0 Å². The fourth-order valence-corrected chi connectivity index (χ4v) is 1.74. The van der Waals surface area contributed by atoms with E-state index in [2.05, 4.69) is 26.0 Å². The van der Waals surface area contributed by atoms with Crippen molar-refractivity contribution >= 4 is 11.6 Å². The number of hydrogen-bond donors (Lipinski definition) is 1. The lowest BCUT2D eigenvalue weighted by Gasteiger charge is -2.21. The average Bonchev–Trinajstić information content (AvgIpc) is 2.28. The highest BCUT2D eigenvalue weighted by atomic mass is 16.3. The van der Waals surface area contributed by atoms with Crippen LogP contribution in [0.15, 0.2) is 18.2 Å². The fraction of sp³-hybridized carbons (Fsp3) is 0.500. The smallest absolute Gasteiger partial charge is 0.229 e. The molecule has 0 radical (unpaired) electrons. The number of anilines is 1. The highest BCUT2D eigenvalue weighted by Gasteiger charge is 2.13. The van der Waals surface area contributed by atoms with Crippen LogP contribution in [0.2, 0.25) is 0 Å². The van der Waals surface area contributed by atoms with E-state index < -0.39 is 0 Å². The summed E-state index contributed by atoms with van der Waals surface area (Å²) in [7, 11) is 1.75. The molecule has 94 valence electrons. The zero-order valence-electron chi connectivity index (χ0n) is 11.0. The van der Waals surface area contributed by atoms with E-state index in [1.54, 1.807) is 11.9 Å². The monoisotopic (exact) mass is 235 g/mol. The van der Waals surface area contributed by atoms with Crippen molar-refractivity contribution in [1.82, 2.24) is 0 Å². The Hall–Kier alpha value is -1.35. The first-order chi connectivity index (χ1) is 7.97. The van der Waals surface area contributed by atoms with E-state index in [-0.39, 0.29) is 18.9 Å². The molecule has 0 aliphatic heterocycles. The van der Waals surface area contributed by atoms with Crippen molar-refractivity contribution in [2.45, 2.75) is 33.1 Å². The van der Waals surface area contributed by atoms with E-state index in [4.69, 9.17) is 5.11 Å². The van der Waals surface area contributed by atoms with Gasteiger partial charge in [0.25, 0.3) is 0 Å². The first-order valence-corrected chi connectivity index (χ1v) is 5.95. The maximum atomic E-state index is 11.7. The standard InChI is InChI=1S/C14H21NO2/c1-10(2)12-6-5-11(3)13(9-12)15(4)14(17)7-8-16/h5-6,9-10,16H,7-8H2,1-4H3. The van der Waals surface area contributed by atoms with Crippen LogP contribution in [0, 0.1) is 6.92 Å². The summed E-state index contributed by atoms with van der Waals surface area (Å²) >= 11 is 0. The van der Waals surface area contributed by atoms with Gasteiger partial charge in [0.05, 0.1) is 13.0 Å². The number of carbonyl (C=O) groups is 1. The average molecular weight is 235 g/mol. The predicted molar refractivity (Wildman–Crippen MR) is 70.4 cm³/mol. The zero-order valence-corrected chi connectivity index (χ0v) is 11.0. The number of amides is 1. The third kappa shape index (κ3) is 3.30. The normalized spacial score (nSPS) is 10.7. The van der Waals surface area contributed by atoms with Gasteiger partial charge < -0.3 is 10.0 Å². The SMILES string of the molecule is Cc1ccc(C(C)C)cc1N(C)C(=O)CCO. The summed E-state index contributed by atoms with van der Waals surface area (Å²) in [5.41, 5.74) is 3.21. The molecule has 0 aliphatic rings. The molecule has 0 atom stereocenters. The maximum Gasteiger partial charge on any atom is 0.229 e. The molecule has 1 rings (SSSR count). The number of aliphatic hydroxyl groups excluding tert-OH is 1. The van der Waals surface area contributed by atoms with Gasteiger partial charge in [0.1, 0.15) is 0 Å². The lowest BCUT2D eigenvalue weighted by molar-refractivity contribution is -0.118. The summed E-state index contributed by atoms with van der Waals surface area (Å²) in [6.07, 6.45) is 0.168. The Balaban J connectivity index is 3.03. The van der Waals surface area contributed by atoms with Gasteiger partial charge in [-0.15, -0.1) is 0 Å². The molecule has 1 aromatic rings. The van der Waals surface area contributed by atoms with E-state index in [1.807, 2.05) is 13.0 Å². The molecule has 0 unspecified atom stereocenters. The topological polar surface area (TPSA) is 40.5 Å². The first kappa shape index (κ1) is 13.7. The number of aliphatic hydroxyl groups is 1. The van der Waals surface area contributed by atoms with E-state index in [9.17, 15) is 4.79 Å². The predicted octanol–water partition coefficient (Wildman–Crippen LogP) is 2.46. The van der Waals surface area contributed by atoms with Crippen molar-refractivity contribution in [1.29, 1.82) is 0 Å². The Kier molecular flexibility index (Phi) is 4.70. The summed E-state index contributed by atoms with van der Waals surface area (Å²) in [5.74, 6) is 0.382. The number of carbonyl (C=O) groups excluding carboxylic acids is 1. The van der Waals surface area contributed by atoms with Crippen LogP contribution in [0.4, 0.5) is 5.69 Å². The van der Waals surface area contributed by atoms with E-state index in [0.29, 0.717) is 5.92 Å². The molecule has 0 heterocycles. The molecular weight excluding hydrogens is 214 g/mol. The fourth-order valence-electron chi connectivity index (χ4n) is 1.74. The Bertz CT molecular complexity index is 399. The van der Waals surface area contributed by atoms with E-state index in [0.717, 1.165) is 11.3 Å². The van der Waals surface area contributed by atoms with Crippen LogP contribution in [0.1, 0.15) is 37.3 Å². The maximum absolute atomic E-state index is 11.7. The summed E-state index contributed by atoms with van der Waals surface area (Å²) in [5, 5.41) is 8.80. The van der Waals surface area contributed by atoms with Crippen LogP contribution >= 0.6 is 0 Å². The van der Waals surface area contributed by atoms with Crippen molar-refractivity contribution in [3.8, 4) is 0 Å². The molecule has 0 spiro atoms. The second-order valence-corrected chi connectivity index (χ2v) is 4.63. The molecule has 3 heteroatoms. The third-order valence-electron chi connectivity index (χ3n) is 2.96. The molecule has 0 fully saturated rings. The minimum Gasteiger partial charge on any atom is -0.396 e. The second-order valence-electron chi connectivity index (χ2n) is 4.63. The molecular formula is C14H21NO2. The zero-order chi connectivity index (χ0) is 13.0. The van der Waals surface area contributed by atoms with Crippen LogP contribution in [0.5, 0.6) is 0 Å². The number of aryl methyl sites for hydroxylation is 1. The number of hydrogen-bond acceptors (Lipinski definition) is 2. The summed E-state index contributed by atoms with van der Waals surface area (Å²) < 4.78 is 0. The minimum absolute atomic E-state index is 0.0588. The Morgan fingerprint density at radius 2 is 2.06 bits per heavy atom. The number of benzene rings is 1. The molecule has 1 N–H and O–H groups in total. The van der Waals surface area contributed by atoms with E-state index in [1.165, 1.54) is 5.56 Å². The Morgan fingerprint density at radius 3 is 2.59 bits per heavy atom. The summed E-state index contributed by atoms with van der Waals surface area (Å²) in [4.78, 5) is 13.4. The molecule has 1 aromatic carbocycles. The van der Waals surface area contributed by atoms with Gasteiger partial charge >= 0.3 is 0 Å². The molecule has 1 amide bonds. The van der Waals surface area contributed by atoms with Crippen LogP contribution in [-0.4, -0.2) is 24.7 Å². The van der Waals surface area contributed by atoms with Gasteiger partial charge in [0, 0.05) is 12.7 Å². The minimum atomic E-state index is -0.105. The van der Waals surface area contributed by atoms with Crippen LogP contribution in [-0.2, 0) is 4.79 Å². The third-order valence-corrected chi connectivity index (χ3v) is 2.96. The molecule has 0 aliphatic carbocycles. The van der Waals surface area contributed by atoms with Gasteiger partial charge in [-0.05, 0) is 30.0 Å². The first-order valence-electron chi connectivity index (χ1n) is 5.95. The lowest BCUT2D eigenvalue weighted by atomic mass is 10.00. The molecule has 0 saturated carbocycles. The van der Waals surface area contributed by atoms with Gasteiger partial charge in [0.15, 0.2) is 0 Å². The number of nitrogens with zero attached hydrogens (tertiary/aromatic N) is 1. The Morgan fingerprint density at radius 1 is 1.41 bits per heavy atom. The van der Waals surface area contributed by atoms with E-state index >= 15 is 0 Å². The summed E-state index contributed by atoms with van der Waals surface area (Å²) in [6, 6.07) is 6.18. The molecule has 3 nitrogen and oxygen atoms in total.